The Hall–Kier alpha value is -2.59. The van der Waals surface area contributed by atoms with Crippen LogP contribution in [0.2, 0.25) is 0 Å². The SMILES string of the molecule is COC(=O)C(C)(C)NC(=O)c1cccc(S(=O)(=O)Nc2ccc(OC)c(Br)c2)c1. The number of nitrogens with one attached hydrogen (secondary N) is 2. The lowest BCUT2D eigenvalue weighted by Crippen LogP contribution is -2.50. The molecule has 2 rings (SSSR count). The predicted octanol–water partition coefficient (Wildman–Crippen LogP) is 2.94. The van der Waals surface area contributed by atoms with Crippen molar-refractivity contribution in [2.75, 3.05) is 18.9 Å². The van der Waals surface area contributed by atoms with Crippen LogP contribution in [0, 0.1) is 0 Å². The first-order chi connectivity index (χ1) is 13.5. The third-order valence-electron chi connectivity index (χ3n) is 3.93. The number of benzene rings is 2. The molecule has 0 aliphatic carbocycles. The van der Waals surface area contributed by atoms with Crippen LogP contribution in [0.3, 0.4) is 0 Å². The highest BCUT2D eigenvalue weighted by molar-refractivity contribution is 9.10. The summed E-state index contributed by atoms with van der Waals surface area (Å²) in [4.78, 5) is 24.1. The van der Waals surface area contributed by atoms with E-state index in [2.05, 4.69) is 30.7 Å². The summed E-state index contributed by atoms with van der Waals surface area (Å²) in [7, 11) is -1.24. The topological polar surface area (TPSA) is 111 Å². The molecule has 0 aliphatic rings. The number of halogens is 1. The van der Waals surface area contributed by atoms with E-state index in [1.54, 1.807) is 18.2 Å². The normalized spacial score (nSPS) is 11.5. The Morgan fingerprint density at radius 1 is 1.07 bits per heavy atom. The van der Waals surface area contributed by atoms with Gasteiger partial charge in [-0.25, -0.2) is 13.2 Å². The zero-order valence-electron chi connectivity index (χ0n) is 16.3. The molecule has 0 unspecified atom stereocenters. The molecule has 10 heteroatoms. The maximum absolute atomic E-state index is 12.7. The first kappa shape index (κ1) is 22.7. The Kier molecular flexibility index (Phi) is 6.91. The summed E-state index contributed by atoms with van der Waals surface area (Å²) in [5, 5.41) is 2.52. The van der Waals surface area contributed by atoms with Crippen LogP contribution in [-0.4, -0.2) is 40.1 Å². The van der Waals surface area contributed by atoms with Gasteiger partial charge in [-0.05, 0) is 66.2 Å². The van der Waals surface area contributed by atoms with Gasteiger partial charge in [0.15, 0.2) is 0 Å². The quantitative estimate of drug-likeness (QED) is 0.584. The Bertz CT molecular complexity index is 1040. The number of ether oxygens (including phenoxy) is 2. The molecule has 0 bridgehead atoms. The predicted molar refractivity (Wildman–Crippen MR) is 112 cm³/mol. The first-order valence-electron chi connectivity index (χ1n) is 8.37. The van der Waals surface area contributed by atoms with Gasteiger partial charge in [-0.1, -0.05) is 6.07 Å². The molecule has 0 spiro atoms. The molecule has 0 atom stereocenters. The Morgan fingerprint density at radius 3 is 2.34 bits per heavy atom. The fourth-order valence-corrected chi connectivity index (χ4v) is 4.05. The summed E-state index contributed by atoms with van der Waals surface area (Å²) < 4.78 is 38.2. The highest BCUT2D eigenvalue weighted by Gasteiger charge is 2.31. The summed E-state index contributed by atoms with van der Waals surface area (Å²) in [6.07, 6.45) is 0. The molecule has 0 saturated heterocycles. The molecule has 2 aromatic rings. The molecular formula is C19H21BrN2O6S. The average Bonchev–Trinajstić information content (AvgIpc) is 2.67. The van der Waals surface area contributed by atoms with Crippen molar-refractivity contribution >= 4 is 43.5 Å². The number of carbonyl (C=O) groups is 2. The summed E-state index contributed by atoms with van der Waals surface area (Å²) >= 11 is 3.30. The number of rotatable bonds is 7. The van der Waals surface area contributed by atoms with Gasteiger partial charge in [0, 0.05) is 5.56 Å². The molecule has 8 nitrogen and oxygen atoms in total. The number of anilines is 1. The lowest BCUT2D eigenvalue weighted by molar-refractivity contribution is -0.146. The first-order valence-corrected chi connectivity index (χ1v) is 10.6. The number of methoxy groups -OCH3 is 2. The average molecular weight is 485 g/mol. The Labute approximate surface area is 177 Å². The van der Waals surface area contributed by atoms with Gasteiger partial charge in [-0.15, -0.1) is 0 Å². The van der Waals surface area contributed by atoms with Crippen LogP contribution < -0.4 is 14.8 Å². The van der Waals surface area contributed by atoms with Crippen molar-refractivity contribution in [3.05, 3.63) is 52.5 Å². The molecule has 0 radical (unpaired) electrons. The maximum atomic E-state index is 12.7. The molecular weight excluding hydrogens is 464 g/mol. The number of hydrogen-bond acceptors (Lipinski definition) is 6. The monoisotopic (exact) mass is 484 g/mol. The highest BCUT2D eigenvalue weighted by Crippen LogP contribution is 2.29. The molecule has 0 aliphatic heterocycles. The number of carbonyl (C=O) groups excluding carboxylic acids is 2. The Balaban J connectivity index is 2.26. The van der Waals surface area contributed by atoms with Crippen molar-refractivity contribution in [3.63, 3.8) is 0 Å². The van der Waals surface area contributed by atoms with E-state index in [9.17, 15) is 18.0 Å². The summed E-state index contributed by atoms with van der Waals surface area (Å²) in [5.74, 6) is -0.675. The number of amides is 1. The van der Waals surface area contributed by atoms with Gasteiger partial charge in [-0.2, -0.15) is 0 Å². The molecule has 2 aromatic carbocycles. The van der Waals surface area contributed by atoms with E-state index in [1.807, 2.05) is 0 Å². The second-order valence-electron chi connectivity index (χ2n) is 6.55. The van der Waals surface area contributed by atoms with Gasteiger partial charge in [0.05, 0.1) is 29.3 Å². The van der Waals surface area contributed by atoms with Crippen molar-refractivity contribution < 1.29 is 27.5 Å². The van der Waals surface area contributed by atoms with E-state index in [1.165, 1.54) is 52.3 Å². The van der Waals surface area contributed by atoms with Crippen LogP contribution in [0.25, 0.3) is 0 Å². The van der Waals surface area contributed by atoms with E-state index in [4.69, 9.17) is 4.74 Å². The van der Waals surface area contributed by atoms with Crippen molar-refractivity contribution in [1.29, 1.82) is 0 Å². The number of hydrogen-bond donors (Lipinski definition) is 2. The summed E-state index contributed by atoms with van der Waals surface area (Å²) in [5.41, 5.74) is -0.867. The van der Waals surface area contributed by atoms with Crippen molar-refractivity contribution in [2.45, 2.75) is 24.3 Å². The van der Waals surface area contributed by atoms with Crippen LogP contribution in [0.5, 0.6) is 5.75 Å². The second kappa shape index (κ2) is 8.83. The number of esters is 1. The zero-order valence-corrected chi connectivity index (χ0v) is 18.7. The van der Waals surface area contributed by atoms with Gasteiger partial charge in [0.1, 0.15) is 11.3 Å². The summed E-state index contributed by atoms with van der Waals surface area (Å²) in [6, 6.07) is 10.2. The minimum Gasteiger partial charge on any atom is -0.496 e. The zero-order chi connectivity index (χ0) is 21.8. The smallest absolute Gasteiger partial charge is 0.330 e. The van der Waals surface area contributed by atoms with Gasteiger partial charge < -0.3 is 14.8 Å². The molecule has 1 amide bonds. The van der Waals surface area contributed by atoms with Gasteiger partial charge >= 0.3 is 5.97 Å². The highest BCUT2D eigenvalue weighted by atomic mass is 79.9. The fraction of sp³-hybridized carbons (Fsp3) is 0.263. The molecule has 0 aromatic heterocycles. The van der Waals surface area contributed by atoms with Gasteiger partial charge in [0.2, 0.25) is 0 Å². The van der Waals surface area contributed by atoms with Crippen LogP contribution >= 0.6 is 15.9 Å². The summed E-state index contributed by atoms with van der Waals surface area (Å²) in [6.45, 7) is 2.97. The van der Waals surface area contributed by atoms with Gasteiger partial charge in [0.25, 0.3) is 15.9 Å². The van der Waals surface area contributed by atoms with Crippen LogP contribution in [0.15, 0.2) is 51.8 Å². The molecule has 29 heavy (non-hydrogen) atoms. The standard InChI is InChI=1S/C19H21BrN2O6S/c1-19(2,18(24)28-4)21-17(23)12-6-5-7-14(10-12)29(25,26)22-13-8-9-16(27-3)15(20)11-13/h5-11,22H,1-4H3,(H,21,23). The molecule has 0 saturated carbocycles. The maximum Gasteiger partial charge on any atom is 0.330 e. The largest absolute Gasteiger partial charge is 0.496 e. The minimum absolute atomic E-state index is 0.0840. The third kappa shape index (κ3) is 5.48. The van der Waals surface area contributed by atoms with E-state index >= 15 is 0 Å². The van der Waals surface area contributed by atoms with Crippen molar-refractivity contribution in [2.24, 2.45) is 0 Å². The lowest BCUT2D eigenvalue weighted by Gasteiger charge is -2.23. The van der Waals surface area contributed by atoms with E-state index in [0.717, 1.165) is 0 Å². The molecule has 0 heterocycles. The molecule has 0 fully saturated rings. The minimum atomic E-state index is -3.95. The fourth-order valence-electron chi connectivity index (χ4n) is 2.41. The molecule has 156 valence electrons. The third-order valence-corrected chi connectivity index (χ3v) is 5.93. The van der Waals surface area contributed by atoms with Crippen LogP contribution in [-0.2, 0) is 19.6 Å². The number of sulfonamides is 1. The van der Waals surface area contributed by atoms with Crippen molar-refractivity contribution in [3.8, 4) is 5.75 Å². The van der Waals surface area contributed by atoms with Crippen LogP contribution in [0.4, 0.5) is 5.69 Å². The van der Waals surface area contributed by atoms with Crippen LogP contribution in [0.1, 0.15) is 24.2 Å². The van der Waals surface area contributed by atoms with E-state index in [-0.39, 0.29) is 10.5 Å². The van der Waals surface area contributed by atoms with Gasteiger partial charge in [-0.3, -0.25) is 9.52 Å². The van der Waals surface area contributed by atoms with Crippen molar-refractivity contribution in [1.82, 2.24) is 5.32 Å². The second-order valence-corrected chi connectivity index (χ2v) is 9.09. The Morgan fingerprint density at radius 2 is 1.76 bits per heavy atom. The van der Waals surface area contributed by atoms with E-state index < -0.39 is 27.4 Å². The molecule has 2 N–H and O–H groups in total. The van der Waals surface area contributed by atoms with E-state index in [0.29, 0.717) is 15.9 Å². The lowest BCUT2D eigenvalue weighted by atomic mass is 10.1.